The third kappa shape index (κ3) is 5.17. The highest BCUT2D eigenvalue weighted by Gasteiger charge is 2.33. The van der Waals surface area contributed by atoms with Crippen molar-refractivity contribution in [3.63, 3.8) is 0 Å². The summed E-state index contributed by atoms with van der Waals surface area (Å²) >= 11 is 0. The molecule has 0 saturated heterocycles. The van der Waals surface area contributed by atoms with Gasteiger partial charge < -0.3 is 25.0 Å². The van der Waals surface area contributed by atoms with Crippen LogP contribution in [0.4, 0.5) is 4.39 Å². The highest BCUT2D eigenvalue weighted by Crippen LogP contribution is 2.34. The second-order valence-electron chi connectivity index (χ2n) is 8.51. The number of carbonyl (C=O) groups is 4. The summed E-state index contributed by atoms with van der Waals surface area (Å²) in [5.41, 5.74) is 9.21. The summed E-state index contributed by atoms with van der Waals surface area (Å²) in [5, 5.41) is 0. The van der Waals surface area contributed by atoms with Gasteiger partial charge in [0.2, 0.25) is 0 Å². The molecule has 0 bridgehead atoms. The summed E-state index contributed by atoms with van der Waals surface area (Å²) in [6, 6.07) is 16.7. The van der Waals surface area contributed by atoms with E-state index < -0.39 is 17.8 Å². The number of carbonyl (C=O) groups excluding carboxylic acids is 4. The van der Waals surface area contributed by atoms with Gasteiger partial charge in [0.15, 0.2) is 0 Å². The average molecular weight is 489 g/mol. The Bertz CT molecular complexity index is 1310. The predicted octanol–water partition coefficient (Wildman–Crippen LogP) is 3.72. The molecule has 0 aliphatic carbocycles. The molecule has 36 heavy (non-hydrogen) atoms. The van der Waals surface area contributed by atoms with Crippen molar-refractivity contribution in [2.45, 2.75) is 31.8 Å². The van der Waals surface area contributed by atoms with Crippen LogP contribution in [0.3, 0.4) is 0 Å². The van der Waals surface area contributed by atoms with Gasteiger partial charge in [-0.15, -0.1) is 0 Å². The Hall–Kier alpha value is -4.33. The first-order chi connectivity index (χ1) is 17.4. The molecule has 2 amide bonds. The quantitative estimate of drug-likeness (QED) is 0.414. The van der Waals surface area contributed by atoms with Crippen LogP contribution in [0.5, 0.6) is 5.75 Å². The van der Waals surface area contributed by atoms with Crippen molar-refractivity contribution in [1.82, 2.24) is 4.90 Å². The number of fused-ring (bicyclic) bond motifs is 1. The fourth-order valence-corrected chi connectivity index (χ4v) is 4.35. The number of amides is 2. The van der Waals surface area contributed by atoms with Crippen LogP contribution in [0.25, 0.3) is 11.1 Å². The maximum absolute atomic E-state index is 13.9. The van der Waals surface area contributed by atoms with Crippen molar-refractivity contribution in [2.24, 2.45) is 5.73 Å². The third-order valence-corrected chi connectivity index (χ3v) is 6.26. The van der Waals surface area contributed by atoms with Gasteiger partial charge in [0, 0.05) is 31.0 Å². The molecule has 0 radical (unpaired) electrons. The molecule has 0 spiro atoms. The van der Waals surface area contributed by atoms with E-state index in [1.165, 1.54) is 17.0 Å². The Morgan fingerprint density at radius 1 is 1.08 bits per heavy atom. The first-order valence-corrected chi connectivity index (χ1v) is 11.6. The fraction of sp³-hybridized carbons (Fsp3) is 0.214. The molecular formula is C28H25FN2O5. The molecule has 184 valence electrons. The van der Waals surface area contributed by atoms with E-state index in [0.29, 0.717) is 37.3 Å². The zero-order valence-electron chi connectivity index (χ0n) is 19.5. The van der Waals surface area contributed by atoms with E-state index in [1.54, 1.807) is 6.07 Å². The van der Waals surface area contributed by atoms with Gasteiger partial charge in [0.1, 0.15) is 24.1 Å². The summed E-state index contributed by atoms with van der Waals surface area (Å²) in [5.74, 6) is -1.45. The summed E-state index contributed by atoms with van der Waals surface area (Å²) in [6.07, 6.45) is 2.58. The van der Waals surface area contributed by atoms with E-state index in [9.17, 15) is 23.6 Å². The molecule has 1 aliphatic heterocycles. The number of rotatable bonds is 11. The standard InChI is InChI=1S/C28H25FN2O5/c29-26-15-21(10-11-24(26)27(30)34)36-14-12-18-6-8-19(9-7-18)22-4-1-5-23-25(22)16-31(28(23)35)20(17-33)3-2-13-32/h1,4-11,13,15,17,20H,2-3,12,14,16H2,(H2,30,34). The van der Waals surface area contributed by atoms with E-state index in [4.69, 9.17) is 10.5 Å². The SMILES string of the molecule is NC(=O)c1ccc(OCCc2ccc(-c3cccc4c3CN(C(C=O)CCC=O)C4=O)cc2)cc1F. The van der Waals surface area contributed by atoms with Crippen LogP contribution in [-0.4, -0.2) is 41.9 Å². The number of halogens is 1. The van der Waals surface area contributed by atoms with Gasteiger partial charge in [-0.3, -0.25) is 9.59 Å². The molecular weight excluding hydrogens is 463 g/mol. The van der Waals surface area contributed by atoms with Gasteiger partial charge in [0.25, 0.3) is 11.8 Å². The van der Waals surface area contributed by atoms with E-state index in [1.807, 2.05) is 36.4 Å². The summed E-state index contributed by atoms with van der Waals surface area (Å²) in [4.78, 5) is 47.9. The smallest absolute Gasteiger partial charge is 0.255 e. The van der Waals surface area contributed by atoms with Gasteiger partial charge in [0.05, 0.1) is 18.2 Å². The van der Waals surface area contributed by atoms with Crippen molar-refractivity contribution < 1.29 is 28.3 Å². The number of ether oxygens (including phenoxy) is 1. The number of hydrogen-bond donors (Lipinski definition) is 1. The van der Waals surface area contributed by atoms with Crippen LogP contribution in [0, 0.1) is 5.82 Å². The van der Waals surface area contributed by atoms with E-state index in [2.05, 4.69) is 0 Å². The number of primary amides is 1. The Morgan fingerprint density at radius 3 is 2.50 bits per heavy atom. The van der Waals surface area contributed by atoms with E-state index >= 15 is 0 Å². The van der Waals surface area contributed by atoms with E-state index in [0.717, 1.165) is 40.9 Å². The predicted molar refractivity (Wildman–Crippen MR) is 131 cm³/mol. The van der Waals surface area contributed by atoms with Gasteiger partial charge in [-0.2, -0.15) is 0 Å². The molecule has 2 N–H and O–H groups in total. The summed E-state index contributed by atoms with van der Waals surface area (Å²) in [7, 11) is 0. The largest absolute Gasteiger partial charge is 0.493 e. The van der Waals surface area contributed by atoms with E-state index in [-0.39, 0.29) is 17.9 Å². The number of benzene rings is 3. The molecule has 8 heteroatoms. The lowest BCUT2D eigenvalue weighted by atomic mass is 9.96. The molecule has 3 aromatic rings. The molecule has 7 nitrogen and oxygen atoms in total. The number of hydrogen-bond acceptors (Lipinski definition) is 5. The second-order valence-corrected chi connectivity index (χ2v) is 8.51. The van der Waals surface area contributed by atoms with Crippen LogP contribution < -0.4 is 10.5 Å². The van der Waals surface area contributed by atoms with Crippen molar-refractivity contribution in [2.75, 3.05) is 6.61 Å². The minimum absolute atomic E-state index is 0.183. The lowest BCUT2D eigenvalue weighted by Gasteiger charge is -2.22. The zero-order valence-corrected chi connectivity index (χ0v) is 19.5. The normalized spacial score (nSPS) is 13.2. The molecule has 0 fully saturated rings. The zero-order chi connectivity index (χ0) is 25.7. The van der Waals surface area contributed by atoms with Crippen molar-refractivity contribution in [3.8, 4) is 16.9 Å². The lowest BCUT2D eigenvalue weighted by molar-refractivity contribution is -0.112. The highest BCUT2D eigenvalue weighted by atomic mass is 19.1. The molecule has 1 heterocycles. The Balaban J connectivity index is 1.43. The average Bonchev–Trinajstić information content (AvgIpc) is 3.21. The van der Waals surface area contributed by atoms with Crippen LogP contribution in [-0.2, 0) is 22.6 Å². The Labute approximate surface area is 207 Å². The van der Waals surface area contributed by atoms with Crippen LogP contribution >= 0.6 is 0 Å². The van der Waals surface area contributed by atoms with Crippen molar-refractivity contribution in [1.29, 1.82) is 0 Å². The van der Waals surface area contributed by atoms with Gasteiger partial charge >= 0.3 is 0 Å². The minimum Gasteiger partial charge on any atom is -0.493 e. The Kier molecular flexibility index (Phi) is 7.53. The number of nitrogens with two attached hydrogens (primary N) is 1. The minimum atomic E-state index is -0.832. The van der Waals surface area contributed by atoms with Crippen molar-refractivity contribution in [3.05, 3.63) is 88.7 Å². The summed E-state index contributed by atoms with van der Waals surface area (Å²) in [6.45, 7) is 0.625. The molecule has 1 aliphatic rings. The first kappa shape index (κ1) is 24.8. The maximum Gasteiger partial charge on any atom is 0.255 e. The number of aldehydes is 2. The second kappa shape index (κ2) is 10.9. The molecule has 4 rings (SSSR count). The van der Waals surface area contributed by atoms with Crippen LogP contribution in [0.2, 0.25) is 0 Å². The van der Waals surface area contributed by atoms with Crippen molar-refractivity contribution >= 4 is 24.4 Å². The number of nitrogens with zero attached hydrogens (tertiary/aromatic N) is 1. The topological polar surface area (TPSA) is 107 Å². The molecule has 3 aromatic carbocycles. The van der Waals surface area contributed by atoms with Gasteiger partial charge in [-0.05, 0) is 46.9 Å². The molecule has 0 aromatic heterocycles. The highest BCUT2D eigenvalue weighted by molar-refractivity contribution is 6.01. The third-order valence-electron chi connectivity index (χ3n) is 6.26. The monoisotopic (exact) mass is 488 g/mol. The Morgan fingerprint density at radius 2 is 1.83 bits per heavy atom. The molecule has 1 unspecified atom stereocenters. The molecule has 0 saturated carbocycles. The fourth-order valence-electron chi connectivity index (χ4n) is 4.35. The maximum atomic E-state index is 13.9. The molecule has 1 atom stereocenters. The summed E-state index contributed by atoms with van der Waals surface area (Å²) < 4.78 is 19.5. The lowest BCUT2D eigenvalue weighted by Crippen LogP contribution is -2.36. The first-order valence-electron chi connectivity index (χ1n) is 11.6. The van der Waals surface area contributed by atoms with Gasteiger partial charge in [-0.25, -0.2) is 4.39 Å². The van der Waals surface area contributed by atoms with Crippen LogP contribution in [0.1, 0.15) is 44.7 Å². The van der Waals surface area contributed by atoms with Gasteiger partial charge in [-0.1, -0.05) is 36.4 Å². The van der Waals surface area contributed by atoms with Crippen LogP contribution in [0.15, 0.2) is 60.7 Å².